The highest BCUT2D eigenvalue weighted by Gasteiger charge is 2.28. The Balaban J connectivity index is 2.98. The molecule has 1 rings (SSSR count). The molecule has 0 aromatic carbocycles. The van der Waals surface area contributed by atoms with E-state index in [-0.39, 0.29) is 31.0 Å². The van der Waals surface area contributed by atoms with Crippen molar-refractivity contribution < 1.29 is 9.90 Å². The Bertz CT molecular complexity index is 692. The van der Waals surface area contributed by atoms with Gasteiger partial charge in [-0.1, -0.05) is 26.8 Å². The molecule has 8 heteroatoms. The van der Waals surface area contributed by atoms with E-state index in [4.69, 9.17) is 16.0 Å². The van der Waals surface area contributed by atoms with Gasteiger partial charge in [-0.3, -0.25) is 9.79 Å². The molecular weight excluding hydrogens is 380 g/mol. The molecule has 1 fully saturated rings. The number of allylic oxidation sites excluding steroid dienone is 1. The fourth-order valence-corrected chi connectivity index (χ4v) is 3.56. The first kappa shape index (κ1) is 25.5. The maximum Gasteiger partial charge on any atom is 0.236 e. The van der Waals surface area contributed by atoms with Crippen molar-refractivity contribution >= 4 is 18.0 Å². The molecule has 0 saturated carbocycles. The lowest BCUT2D eigenvalue weighted by Crippen LogP contribution is -2.52. The van der Waals surface area contributed by atoms with E-state index in [9.17, 15) is 9.90 Å². The first-order chi connectivity index (χ1) is 14.5. The van der Waals surface area contributed by atoms with Crippen LogP contribution < -0.4 is 11.1 Å². The van der Waals surface area contributed by atoms with E-state index in [0.29, 0.717) is 31.3 Å². The van der Waals surface area contributed by atoms with Crippen molar-refractivity contribution in [3.05, 3.63) is 23.9 Å². The number of nitrogens with zero attached hydrogens (tertiary/aromatic N) is 4. The molecule has 0 spiro atoms. The van der Waals surface area contributed by atoms with Crippen LogP contribution in [0.5, 0.6) is 0 Å². The van der Waals surface area contributed by atoms with Crippen LogP contribution in [0.4, 0.5) is 0 Å². The molecule has 0 aliphatic carbocycles. The number of hydrogen-bond acceptors (Lipinski definition) is 6. The average Bonchev–Trinajstić information content (AvgIpc) is 2.74. The predicted octanol–water partition coefficient (Wildman–Crippen LogP) is 1.78. The van der Waals surface area contributed by atoms with Crippen molar-refractivity contribution in [2.24, 2.45) is 21.6 Å². The molecule has 1 aliphatic heterocycles. The summed E-state index contributed by atoms with van der Waals surface area (Å²) >= 11 is 0. The number of aliphatic imine (C=N–C) groups is 2. The lowest BCUT2D eigenvalue weighted by molar-refractivity contribution is -0.132. The van der Waals surface area contributed by atoms with Crippen LogP contribution in [0.15, 0.2) is 33.9 Å². The van der Waals surface area contributed by atoms with Gasteiger partial charge in [-0.25, -0.2) is 4.99 Å². The van der Waals surface area contributed by atoms with Crippen molar-refractivity contribution in [1.29, 1.82) is 5.26 Å². The topological polar surface area (TPSA) is 127 Å². The van der Waals surface area contributed by atoms with E-state index in [1.54, 1.807) is 11.1 Å². The maximum absolute atomic E-state index is 12.2. The number of amides is 1. The van der Waals surface area contributed by atoms with Gasteiger partial charge < -0.3 is 21.1 Å². The third kappa shape index (κ3) is 8.89. The Kier molecular flexibility index (Phi) is 12.3. The molecular formula is C22H36N6O2. The smallest absolute Gasteiger partial charge is 0.236 e. The fraction of sp³-hybridized carbons (Fsp3) is 0.636. The van der Waals surface area contributed by atoms with Crippen molar-refractivity contribution in [2.45, 2.75) is 58.5 Å². The number of piperidine rings is 1. The second-order valence-corrected chi connectivity index (χ2v) is 7.54. The number of nitrogens with two attached hydrogens (primary N) is 1. The van der Waals surface area contributed by atoms with Crippen molar-refractivity contribution in [1.82, 2.24) is 10.2 Å². The van der Waals surface area contributed by atoms with Crippen molar-refractivity contribution in [3.63, 3.8) is 0 Å². The van der Waals surface area contributed by atoms with Crippen molar-refractivity contribution in [2.75, 3.05) is 26.2 Å². The maximum atomic E-state index is 12.2. The molecule has 4 N–H and O–H groups in total. The molecule has 1 aliphatic rings. The third-order valence-electron chi connectivity index (χ3n) is 5.03. The third-order valence-corrected chi connectivity index (χ3v) is 5.03. The molecule has 0 radical (unpaired) electrons. The van der Waals surface area contributed by atoms with Gasteiger partial charge in [0.2, 0.25) is 5.91 Å². The van der Waals surface area contributed by atoms with Gasteiger partial charge in [-0.2, -0.15) is 5.26 Å². The molecule has 0 aromatic heterocycles. The van der Waals surface area contributed by atoms with E-state index in [1.165, 1.54) is 6.34 Å². The largest absolute Gasteiger partial charge is 0.390 e. The molecule has 1 heterocycles. The van der Waals surface area contributed by atoms with Crippen LogP contribution in [-0.4, -0.2) is 66.3 Å². The second kappa shape index (κ2) is 14.5. The summed E-state index contributed by atoms with van der Waals surface area (Å²) in [6.07, 6.45) is 9.25. The lowest BCUT2D eigenvalue weighted by Gasteiger charge is -2.37. The summed E-state index contributed by atoms with van der Waals surface area (Å²) in [5.74, 6) is 0.230. The Labute approximate surface area is 180 Å². The number of carbonyl (C=O) groups is 1. The Morgan fingerprint density at radius 3 is 2.80 bits per heavy atom. The van der Waals surface area contributed by atoms with Crippen LogP contribution in [0, 0.1) is 17.2 Å². The molecule has 0 bridgehead atoms. The van der Waals surface area contributed by atoms with Gasteiger partial charge in [-0.05, 0) is 36.8 Å². The summed E-state index contributed by atoms with van der Waals surface area (Å²) in [7, 11) is 0. The Hall–Kier alpha value is -2.50. The van der Waals surface area contributed by atoms with Crippen LogP contribution in [-0.2, 0) is 4.79 Å². The van der Waals surface area contributed by atoms with Gasteiger partial charge in [0.15, 0.2) is 0 Å². The highest BCUT2D eigenvalue weighted by molar-refractivity contribution is 5.96. The second-order valence-electron chi connectivity index (χ2n) is 7.54. The number of nitrogens with one attached hydrogen (secondary N) is 1. The average molecular weight is 417 g/mol. The number of nitriles is 1. The summed E-state index contributed by atoms with van der Waals surface area (Å²) in [4.78, 5) is 22.7. The van der Waals surface area contributed by atoms with E-state index in [0.717, 1.165) is 24.8 Å². The molecule has 30 heavy (non-hydrogen) atoms. The highest BCUT2D eigenvalue weighted by Crippen LogP contribution is 2.18. The van der Waals surface area contributed by atoms with Gasteiger partial charge in [0.1, 0.15) is 6.42 Å². The van der Waals surface area contributed by atoms with Gasteiger partial charge in [0.25, 0.3) is 0 Å². The molecule has 3 atom stereocenters. The summed E-state index contributed by atoms with van der Waals surface area (Å²) in [5, 5.41) is 22.1. The molecule has 0 aromatic rings. The van der Waals surface area contributed by atoms with Crippen LogP contribution in [0.3, 0.4) is 0 Å². The Morgan fingerprint density at radius 2 is 2.20 bits per heavy atom. The quantitative estimate of drug-likeness (QED) is 0.349. The summed E-state index contributed by atoms with van der Waals surface area (Å²) < 4.78 is 0. The van der Waals surface area contributed by atoms with Crippen LogP contribution >= 0.6 is 0 Å². The van der Waals surface area contributed by atoms with Gasteiger partial charge >= 0.3 is 0 Å². The summed E-state index contributed by atoms with van der Waals surface area (Å²) in [6, 6.07) is 1.85. The van der Waals surface area contributed by atoms with Crippen LogP contribution in [0.2, 0.25) is 0 Å². The van der Waals surface area contributed by atoms with Gasteiger partial charge in [0, 0.05) is 31.9 Å². The SMILES string of the molecule is CC/C=C\C(CO)=NC(CN[C@@H]1C[C@H](C)CN(C(=O)CC#N)C1)/C(=C/N=CN)CC. The van der Waals surface area contributed by atoms with E-state index < -0.39 is 0 Å². The van der Waals surface area contributed by atoms with Gasteiger partial charge in [-0.15, -0.1) is 0 Å². The minimum absolute atomic E-state index is 0.0875. The monoisotopic (exact) mass is 416 g/mol. The molecule has 8 nitrogen and oxygen atoms in total. The number of hydrogen-bond donors (Lipinski definition) is 3. The fourth-order valence-electron chi connectivity index (χ4n) is 3.56. The predicted molar refractivity (Wildman–Crippen MR) is 121 cm³/mol. The first-order valence-electron chi connectivity index (χ1n) is 10.6. The standard InChI is InChI=1S/C22H36N6O2/c1-4-6-7-19(15-29)27-21(18(5-2)11-25-16-24)12-26-20-10-17(3)13-28(14-20)22(30)8-9-23/h6-7,11,16-17,20-21,26,29H,4-5,8,10,12-15H2,1-3H3,(H2,24,25)/b7-6-,18-11+,27-19?/t17-,20+,21?/m0/s1. The van der Waals surface area contributed by atoms with E-state index in [1.807, 2.05) is 32.1 Å². The summed E-state index contributed by atoms with van der Waals surface area (Å²) in [5.41, 5.74) is 7.01. The van der Waals surface area contributed by atoms with Crippen LogP contribution in [0.1, 0.15) is 46.5 Å². The number of likely N-dealkylation sites (tertiary alicyclic amines) is 1. The minimum atomic E-state index is -0.206. The normalized spacial score (nSPS) is 21.9. The molecule has 1 unspecified atom stereocenters. The number of aliphatic hydroxyl groups excluding tert-OH is 1. The number of aliphatic hydroxyl groups is 1. The number of carbonyl (C=O) groups excluding carboxylic acids is 1. The lowest BCUT2D eigenvalue weighted by atomic mass is 9.95. The zero-order valence-corrected chi connectivity index (χ0v) is 18.4. The van der Waals surface area contributed by atoms with E-state index in [2.05, 4.69) is 17.2 Å². The van der Waals surface area contributed by atoms with Gasteiger partial charge in [0.05, 0.1) is 30.8 Å². The first-order valence-corrected chi connectivity index (χ1v) is 10.6. The van der Waals surface area contributed by atoms with Crippen LogP contribution in [0.25, 0.3) is 0 Å². The van der Waals surface area contributed by atoms with Crippen molar-refractivity contribution in [3.8, 4) is 6.07 Å². The number of rotatable bonds is 11. The minimum Gasteiger partial charge on any atom is -0.390 e. The summed E-state index contributed by atoms with van der Waals surface area (Å²) in [6.45, 7) is 7.86. The highest BCUT2D eigenvalue weighted by atomic mass is 16.3. The zero-order valence-electron chi connectivity index (χ0n) is 18.4. The zero-order chi connectivity index (χ0) is 22.4. The Morgan fingerprint density at radius 1 is 1.43 bits per heavy atom. The van der Waals surface area contributed by atoms with E-state index >= 15 is 0 Å². The molecule has 166 valence electrons. The molecule has 1 amide bonds. The molecule has 1 saturated heterocycles.